The summed E-state index contributed by atoms with van der Waals surface area (Å²) in [4.78, 5) is 23.3. The third-order valence-electron chi connectivity index (χ3n) is 7.21. The van der Waals surface area contributed by atoms with Crippen molar-refractivity contribution in [3.05, 3.63) is 45.3 Å². The first kappa shape index (κ1) is 24.1. The Bertz CT molecular complexity index is 1240. The van der Waals surface area contributed by atoms with Crippen molar-refractivity contribution in [3.8, 4) is 0 Å². The highest BCUT2D eigenvalue weighted by Gasteiger charge is 2.26. The van der Waals surface area contributed by atoms with E-state index in [0.29, 0.717) is 6.54 Å². The van der Waals surface area contributed by atoms with Crippen LogP contribution in [0.15, 0.2) is 34.2 Å². The predicted molar refractivity (Wildman–Crippen MR) is 148 cm³/mol. The molecule has 2 aromatic carbocycles. The first-order chi connectivity index (χ1) is 16.5. The molecule has 3 aliphatic heterocycles. The van der Waals surface area contributed by atoms with Crippen LogP contribution in [0.25, 0.3) is 0 Å². The monoisotopic (exact) mass is 592 g/mol. The maximum absolute atomic E-state index is 11.9. The van der Waals surface area contributed by atoms with Crippen molar-refractivity contribution >= 4 is 51.8 Å². The van der Waals surface area contributed by atoms with Crippen molar-refractivity contribution in [3.63, 3.8) is 0 Å². The van der Waals surface area contributed by atoms with Gasteiger partial charge < -0.3 is 20.3 Å². The van der Waals surface area contributed by atoms with E-state index in [1.54, 1.807) is 0 Å². The van der Waals surface area contributed by atoms with E-state index in [4.69, 9.17) is 15.5 Å². The second kappa shape index (κ2) is 10.1. The number of aryl methyl sites for hydroxylation is 2. The molecule has 0 bridgehead atoms. The molecule has 2 fully saturated rings. The van der Waals surface area contributed by atoms with Crippen LogP contribution in [0.5, 0.6) is 0 Å². The Hall–Kier alpha value is -1.65. The fraction of sp³-hybridized carbons (Fsp3) is 0.500. The molecule has 6 nitrogen and oxygen atoms in total. The summed E-state index contributed by atoms with van der Waals surface area (Å²) < 4.78 is 6.92. The predicted octanol–water partition coefficient (Wildman–Crippen LogP) is 4.54. The summed E-state index contributed by atoms with van der Waals surface area (Å²) >= 11 is 2.63. The summed E-state index contributed by atoms with van der Waals surface area (Å²) in [6.45, 7) is 9.55. The highest BCUT2D eigenvalue weighted by molar-refractivity contribution is 14.2. The highest BCUT2D eigenvalue weighted by Crippen LogP contribution is 2.48. The van der Waals surface area contributed by atoms with Crippen LogP contribution in [0.3, 0.4) is 0 Å². The summed E-state index contributed by atoms with van der Waals surface area (Å²) in [5.41, 5.74) is 11.9. The molecule has 0 saturated carbocycles. The van der Waals surface area contributed by atoms with Crippen molar-refractivity contribution in [2.24, 2.45) is 16.6 Å². The molecular formula is C26H33IN4O2S. The first-order valence-corrected chi connectivity index (χ1v) is 16.1. The van der Waals surface area contributed by atoms with E-state index in [0.717, 1.165) is 64.2 Å². The van der Waals surface area contributed by atoms with Crippen molar-refractivity contribution in [2.45, 2.75) is 44.4 Å². The molecule has 8 heteroatoms. The largest absolute Gasteiger partial charge is 0.378 e. The van der Waals surface area contributed by atoms with Crippen LogP contribution in [0, 0.1) is 10.4 Å². The third kappa shape index (κ3) is 4.48. The number of hydrogen-bond donors (Lipinski definition) is 1. The number of hydrogen-bond acceptors (Lipinski definition) is 5. The molecule has 0 aliphatic carbocycles. The minimum absolute atomic E-state index is 0.0682. The van der Waals surface area contributed by atoms with Crippen LogP contribution in [-0.2, 0) is 22.4 Å². The smallest absolute Gasteiger partial charge is 0.222 e. The fourth-order valence-electron chi connectivity index (χ4n) is 5.23. The molecule has 0 spiro atoms. The maximum Gasteiger partial charge on any atom is 0.222 e. The van der Waals surface area contributed by atoms with Crippen LogP contribution in [0.1, 0.15) is 37.8 Å². The number of fused-ring (bicyclic) bond motifs is 2. The molecule has 0 aromatic heterocycles. The number of amides is 1. The molecule has 2 aromatic rings. The molecule has 2 unspecified atom stereocenters. The number of carbonyl (C=O) groups excluding carboxylic acids is 1. The molecule has 5 rings (SSSR count). The van der Waals surface area contributed by atoms with E-state index in [-0.39, 0.29) is 19.5 Å². The molecule has 3 heterocycles. The van der Waals surface area contributed by atoms with Gasteiger partial charge in [0, 0.05) is 47.0 Å². The van der Waals surface area contributed by atoms with Gasteiger partial charge in [-0.2, -0.15) is 0 Å². The fourth-order valence-corrected chi connectivity index (χ4v) is 8.62. The summed E-state index contributed by atoms with van der Waals surface area (Å²) in [7, 11) is -0.111. The summed E-state index contributed by atoms with van der Waals surface area (Å²) in [6, 6.07) is 9.32. The normalized spacial score (nSPS) is 22.1. The molecule has 182 valence electrons. The second-order valence-electron chi connectivity index (χ2n) is 9.27. The van der Waals surface area contributed by atoms with E-state index in [2.05, 4.69) is 69.1 Å². The number of halogens is 1. The lowest BCUT2D eigenvalue weighted by Crippen LogP contribution is -2.41. The average Bonchev–Trinajstić information content (AvgIpc) is 2.88. The topological polar surface area (TPSA) is 71.2 Å². The lowest BCUT2D eigenvalue weighted by molar-refractivity contribution is -0.122. The first-order valence-electron chi connectivity index (χ1n) is 12.3. The Morgan fingerprint density at radius 1 is 1.09 bits per heavy atom. The average molecular weight is 593 g/mol. The minimum Gasteiger partial charge on any atom is -0.378 e. The Labute approximate surface area is 216 Å². The van der Waals surface area contributed by atoms with Gasteiger partial charge in [0.15, 0.2) is 0 Å². The van der Waals surface area contributed by atoms with Crippen LogP contribution in [0.2, 0.25) is 0 Å². The van der Waals surface area contributed by atoms with Gasteiger partial charge in [-0.15, -0.1) is 0 Å². The molecule has 2 N–H and O–H groups in total. The van der Waals surface area contributed by atoms with Crippen LogP contribution < -0.4 is 20.9 Å². The molecule has 2 saturated heterocycles. The van der Waals surface area contributed by atoms with Gasteiger partial charge in [0.2, 0.25) is 5.91 Å². The quantitative estimate of drug-likeness (QED) is 0.409. The Kier molecular flexibility index (Phi) is 7.18. The molecular weight excluding hydrogens is 559 g/mol. The molecule has 34 heavy (non-hydrogen) atoms. The van der Waals surface area contributed by atoms with Gasteiger partial charge in [-0.25, -0.2) is 4.99 Å². The number of morpholine rings is 1. The van der Waals surface area contributed by atoms with Crippen molar-refractivity contribution < 1.29 is 9.53 Å². The number of ether oxygens (including phenoxy) is 1. The van der Waals surface area contributed by atoms with Gasteiger partial charge in [0.05, 0.1) is 30.2 Å². The zero-order valence-electron chi connectivity index (χ0n) is 20.0. The summed E-state index contributed by atoms with van der Waals surface area (Å²) in [5.74, 6) is -0.250. The Morgan fingerprint density at radius 2 is 1.79 bits per heavy atom. The zero-order valence-corrected chi connectivity index (χ0v) is 23.0. The number of benzene rings is 2. The number of piperidine rings is 1. The summed E-state index contributed by atoms with van der Waals surface area (Å²) in [6.07, 6.45) is 3.79. The number of carbonyl (C=O) groups is 1. The number of rotatable bonds is 5. The molecule has 1 amide bonds. The van der Waals surface area contributed by atoms with E-state index in [9.17, 15) is 4.79 Å². The van der Waals surface area contributed by atoms with E-state index < -0.39 is 0 Å². The maximum atomic E-state index is 11.9. The lowest BCUT2D eigenvalue weighted by Gasteiger charge is -2.34. The van der Waals surface area contributed by atoms with Gasteiger partial charge in [-0.1, -0.05) is 21.5 Å². The van der Waals surface area contributed by atoms with E-state index in [1.165, 1.54) is 37.3 Å². The number of anilines is 2. The Balaban J connectivity index is 1.63. The van der Waals surface area contributed by atoms with Crippen molar-refractivity contribution in [1.82, 2.24) is 0 Å². The standard InChI is InChI=1S/C26H33IN4O2S/c1-3-17-12-20(30-8-10-33-11-9-30)14-22-24(17)29-25-18(4-2)13-21(15-23(25)34(22)27)31-7-5-6-19(16-31)26(28)32/h12-15,19H,3-11,16H2,1-2H3,(H2,28,32). The second-order valence-corrected chi connectivity index (χ2v) is 13.3. The minimum atomic E-state index is -0.182. The summed E-state index contributed by atoms with van der Waals surface area (Å²) in [5, 5.41) is 1.17. The number of nitrogens with two attached hydrogens (primary N) is 1. The molecule has 0 radical (unpaired) electrons. The third-order valence-corrected chi connectivity index (χ3v) is 11.5. The lowest BCUT2D eigenvalue weighted by atomic mass is 9.96. The molecule has 3 aliphatic rings. The van der Waals surface area contributed by atoms with Crippen LogP contribution in [0.4, 0.5) is 17.1 Å². The van der Waals surface area contributed by atoms with Gasteiger partial charge in [0.1, 0.15) is 0 Å². The van der Waals surface area contributed by atoms with Crippen LogP contribution in [-0.4, -0.2) is 45.3 Å². The molecule has 2 atom stereocenters. The highest BCUT2D eigenvalue weighted by atomic mass is 127. The number of nitrogens with zero attached hydrogens (tertiary/aromatic N) is 3. The van der Waals surface area contributed by atoms with Crippen molar-refractivity contribution in [2.75, 3.05) is 49.2 Å². The van der Waals surface area contributed by atoms with Crippen LogP contribution >= 0.6 is 28.9 Å². The van der Waals surface area contributed by atoms with Gasteiger partial charge in [0.25, 0.3) is 0 Å². The van der Waals surface area contributed by atoms with Gasteiger partial charge >= 0.3 is 0 Å². The van der Waals surface area contributed by atoms with Gasteiger partial charge in [-0.05, 0) is 82.3 Å². The Morgan fingerprint density at radius 3 is 2.50 bits per heavy atom. The zero-order chi connectivity index (χ0) is 23.8. The van der Waals surface area contributed by atoms with E-state index >= 15 is 0 Å². The van der Waals surface area contributed by atoms with Gasteiger partial charge in [-0.3, -0.25) is 4.79 Å². The van der Waals surface area contributed by atoms with Crippen molar-refractivity contribution in [1.29, 1.82) is 0 Å². The number of primary amides is 1. The van der Waals surface area contributed by atoms with E-state index in [1.807, 2.05) is 0 Å². The SMILES string of the molecule is CCc1cc(N2CCCC(C(N)=O)C2)cc2c1N=c1c(CC)cc(N3CCOCC3)cc1=S2I.